The summed E-state index contributed by atoms with van der Waals surface area (Å²) in [6.45, 7) is 0.150. The van der Waals surface area contributed by atoms with Crippen LogP contribution in [-0.2, 0) is 9.59 Å². The van der Waals surface area contributed by atoms with Crippen molar-refractivity contribution in [1.82, 2.24) is 5.01 Å². The van der Waals surface area contributed by atoms with Crippen LogP contribution in [0.3, 0.4) is 0 Å². The topological polar surface area (TPSA) is 68.2 Å². The minimum atomic E-state index is -0.245. The highest BCUT2D eigenvalue weighted by molar-refractivity contribution is 6.33. The van der Waals surface area contributed by atoms with Crippen molar-refractivity contribution in [2.75, 3.05) is 6.79 Å². The molecule has 0 radical (unpaired) electrons. The standard InChI is InChI=1S/C19H15ClN2O4/c20-13-5-15-14(25-7-26-15)3-8(13)6-21-22-18(23)16-9-1-2-10(12-4-11(9)12)17(16)19(22)24/h1-3,5-6,9-12,16-17H,4,7H2/t9-,10-,11-,12-,16+,17+/m0/s1. The molecular weight excluding hydrogens is 356 g/mol. The van der Waals surface area contributed by atoms with Gasteiger partial charge in [-0.15, -0.1) is 0 Å². The van der Waals surface area contributed by atoms with Gasteiger partial charge in [-0.2, -0.15) is 10.1 Å². The van der Waals surface area contributed by atoms with Gasteiger partial charge in [-0.1, -0.05) is 23.8 Å². The second-order valence-corrected chi connectivity index (χ2v) is 8.02. The van der Waals surface area contributed by atoms with Crippen LogP contribution in [0.1, 0.15) is 12.0 Å². The lowest BCUT2D eigenvalue weighted by Crippen LogP contribution is -2.40. The number of nitrogens with zero attached hydrogens (tertiary/aromatic N) is 2. The molecule has 6 nitrogen and oxygen atoms in total. The number of hydrogen-bond donors (Lipinski definition) is 0. The fourth-order valence-electron chi connectivity index (χ4n) is 5.21. The van der Waals surface area contributed by atoms with Crippen molar-refractivity contribution in [3.05, 3.63) is 34.9 Å². The first kappa shape index (κ1) is 14.8. The number of halogens is 1. The Bertz CT molecular complexity index is 890. The number of ether oxygens (including phenoxy) is 2. The first-order valence-corrected chi connectivity index (χ1v) is 9.20. The maximum atomic E-state index is 12.9. The van der Waals surface area contributed by atoms with Crippen molar-refractivity contribution in [3.63, 3.8) is 0 Å². The van der Waals surface area contributed by atoms with E-state index in [0.717, 1.165) is 11.4 Å². The molecule has 2 amide bonds. The Kier molecular flexibility index (Phi) is 2.78. The van der Waals surface area contributed by atoms with Crippen LogP contribution in [0.5, 0.6) is 11.5 Å². The van der Waals surface area contributed by atoms with Gasteiger partial charge in [0.25, 0.3) is 11.8 Å². The monoisotopic (exact) mass is 370 g/mol. The predicted molar refractivity (Wildman–Crippen MR) is 91.7 cm³/mol. The molecule has 2 aliphatic heterocycles. The minimum Gasteiger partial charge on any atom is -0.454 e. The van der Waals surface area contributed by atoms with Crippen LogP contribution in [0.2, 0.25) is 5.02 Å². The summed E-state index contributed by atoms with van der Waals surface area (Å²) < 4.78 is 10.6. The Balaban J connectivity index is 1.32. The number of carbonyl (C=O) groups excluding carboxylic acids is 2. The van der Waals surface area contributed by atoms with E-state index in [1.165, 1.54) is 6.21 Å². The SMILES string of the molecule is O=C1[C@@H]2[C@H]3C=C[C@@H]([C@@H]4C[C@@H]34)[C@H]2C(=O)N1N=Cc1cc2c(cc1Cl)OCO2. The van der Waals surface area contributed by atoms with E-state index >= 15 is 0 Å². The lowest BCUT2D eigenvalue weighted by molar-refractivity contribution is -0.140. The Hall–Kier alpha value is -2.34. The van der Waals surface area contributed by atoms with Crippen molar-refractivity contribution >= 4 is 29.6 Å². The number of hydrazone groups is 1. The molecule has 7 heteroatoms. The summed E-state index contributed by atoms with van der Waals surface area (Å²) in [6.07, 6.45) is 6.89. The van der Waals surface area contributed by atoms with Crippen molar-refractivity contribution in [1.29, 1.82) is 0 Å². The summed E-state index contributed by atoms with van der Waals surface area (Å²) in [7, 11) is 0. The number of allylic oxidation sites excluding steroid dienone is 2. The smallest absolute Gasteiger partial charge is 0.254 e. The van der Waals surface area contributed by atoms with Gasteiger partial charge in [0.2, 0.25) is 6.79 Å². The van der Waals surface area contributed by atoms with Crippen LogP contribution >= 0.6 is 11.6 Å². The fourth-order valence-corrected chi connectivity index (χ4v) is 5.41. The molecule has 6 atom stereocenters. The zero-order valence-corrected chi connectivity index (χ0v) is 14.4. The molecule has 1 aromatic rings. The molecule has 4 aliphatic carbocycles. The van der Waals surface area contributed by atoms with E-state index in [9.17, 15) is 9.59 Å². The molecule has 1 saturated heterocycles. The van der Waals surface area contributed by atoms with Gasteiger partial charge in [-0.05, 0) is 36.2 Å². The van der Waals surface area contributed by atoms with Crippen LogP contribution in [0.4, 0.5) is 0 Å². The van der Waals surface area contributed by atoms with Gasteiger partial charge >= 0.3 is 0 Å². The lowest BCUT2D eigenvalue weighted by atomic mass is 9.63. The predicted octanol–water partition coefficient (Wildman–Crippen LogP) is 2.46. The molecule has 26 heavy (non-hydrogen) atoms. The molecule has 2 saturated carbocycles. The molecule has 2 bridgehead atoms. The number of amides is 2. The summed E-state index contributed by atoms with van der Waals surface area (Å²) in [5.74, 6) is 1.85. The van der Waals surface area contributed by atoms with E-state index in [-0.39, 0.29) is 42.3 Å². The zero-order valence-electron chi connectivity index (χ0n) is 13.7. The minimum absolute atomic E-state index is 0.150. The molecule has 3 fully saturated rings. The molecular formula is C19H15ClN2O4. The molecule has 0 spiro atoms. The van der Waals surface area contributed by atoms with Crippen molar-refractivity contribution in [3.8, 4) is 11.5 Å². The number of rotatable bonds is 2. The maximum absolute atomic E-state index is 12.9. The molecule has 6 aliphatic rings. The van der Waals surface area contributed by atoms with E-state index < -0.39 is 0 Å². The molecule has 132 valence electrons. The summed E-state index contributed by atoms with van der Waals surface area (Å²) in [5.41, 5.74) is 0.579. The number of fused-ring (bicyclic) bond motifs is 1. The van der Waals surface area contributed by atoms with Crippen molar-refractivity contribution < 1.29 is 19.1 Å². The van der Waals surface area contributed by atoms with Crippen LogP contribution in [-0.4, -0.2) is 29.8 Å². The highest BCUT2D eigenvalue weighted by Crippen LogP contribution is 2.65. The normalized spacial score (nSPS) is 38.3. The van der Waals surface area contributed by atoms with Crippen LogP contribution in [0.15, 0.2) is 29.4 Å². The van der Waals surface area contributed by atoms with E-state index in [2.05, 4.69) is 17.3 Å². The molecule has 1 aromatic carbocycles. The van der Waals surface area contributed by atoms with Gasteiger partial charge < -0.3 is 9.47 Å². The molecule has 0 aromatic heterocycles. The summed E-state index contributed by atoms with van der Waals surface area (Å²) in [6, 6.07) is 3.35. The quantitative estimate of drug-likeness (QED) is 0.455. The average molecular weight is 371 g/mol. The Morgan fingerprint density at radius 3 is 2.31 bits per heavy atom. The van der Waals surface area contributed by atoms with Gasteiger partial charge in [0.1, 0.15) is 0 Å². The molecule has 7 rings (SSSR count). The third-order valence-corrected chi connectivity index (χ3v) is 6.77. The van der Waals surface area contributed by atoms with E-state index in [4.69, 9.17) is 21.1 Å². The third kappa shape index (κ3) is 1.80. The van der Waals surface area contributed by atoms with Crippen LogP contribution in [0, 0.1) is 35.5 Å². The Morgan fingerprint density at radius 1 is 1.04 bits per heavy atom. The van der Waals surface area contributed by atoms with Gasteiger partial charge in [0.15, 0.2) is 11.5 Å². The maximum Gasteiger partial charge on any atom is 0.254 e. The van der Waals surface area contributed by atoms with E-state index in [1.54, 1.807) is 12.1 Å². The molecule has 0 N–H and O–H groups in total. The van der Waals surface area contributed by atoms with Crippen LogP contribution < -0.4 is 9.47 Å². The first-order chi connectivity index (χ1) is 12.6. The number of benzene rings is 1. The zero-order chi connectivity index (χ0) is 17.6. The van der Waals surface area contributed by atoms with Gasteiger partial charge in [-0.25, -0.2) is 0 Å². The van der Waals surface area contributed by atoms with Gasteiger partial charge in [0.05, 0.1) is 23.1 Å². The third-order valence-electron chi connectivity index (χ3n) is 6.44. The first-order valence-electron chi connectivity index (χ1n) is 8.83. The van der Waals surface area contributed by atoms with Gasteiger partial charge in [0, 0.05) is 11.6 Å². The summed E-state index contributed by atoms with van der Waals surface area (Å²) in [4.78, 5) is 25.8. The summed E-state index contributed by atoms with van der Waals surface area (Å²) >= 11 is 6.24. The second-order valence-electron chi connectivity index (χ2n) is 7.61. The Morgan fingerprint density at radius 2 is 1.65 bits per heavy atom. The average Bonchev–Trinajstić information content (AvgIpc) is 3.29. The second kappa shape index (κ2) is 4.88. The fraction of sp³-hybridized carbons (Fsp3) is 0.421. The highest BCUT2D eigenvalue weighted by atomic mass is 35.5. The largest absolute Gasteiger partial charge is 0.454 e. The molecule has 2 heterocycles. The van der Waals surface area contributed by atoms with E-state index in [1.807, 2.05) is 0 Å². The number of carbonyl (C=O) groups is 2. The number of imide groups is 1. The highest BCUT2D eigenvalue weighted by Gasteiger charge is 2.67. The van der Waals surface area contributed by atoms with Crippen molar-refractivity contribution in [2.24, 2.45) is 40.6 Å². The van der Waals surface area contributed by atoms with E-state index in [0.29, 0.717) is 33.9 Å². The summed E-state index contributed by atoms with van der Waals surface area (Å²) in [5, 5.41) is 5.68. The van der Waals surface area contributed by atoms with Crippen molar-refractivity contribution in [2.45, 2.75) is 6.42 Å². The lowest BCUT2D eigenvalue weighted by Gasteiger charge is -2.37. The number of hydrogen-bond acceptors (Lipinski definition) is 5. The van der Waals surface area contributed by atoms with Crippen LogP contribution in [0.25, 0.3) is 0 Å². The molecule has 0 unspecified atom stereocenters. The Labute approximate surface area is 154 Å². The van der Waals surface area contributed by atoms with Gasteiger partial charge in [-0.3, -0.25) is 9.59 Å².